The van der Waals surface area contributed by atoms with Crippen molar-refractivity contribution in [1.82, 2.24) is 0 Å². The molecule has 0 aromatic heterocycles. The molecule has 6 atom stereocenters. The van der Waals surface area contributed by atoms with Gasteiger partial charge in [0.2, 0.25) is 0 Å². The van der Waals surface area contributed by atoms with Crippen molar-refractivity contribution in [2.24, 2.45) is 22.7 Å². The second kappa shape index (κ2) is 5.17. The van der Waals surface area contributed by atoms with E-state index in [0.717, 1.165) is 32.1 Å². The Labute approximate surface area is 143 Å². The molecule has 0 aromatic rings. The molecule has 0 aliphatic heterocycles. The first-order valence-electron chi connectivity index (χ1n) is 9.38. The van der Waals surface area contributed by atoms with Crippen LogP contribution in [0.1, 0.15) is 65.7 Å². The smallest absolute Gasteiger partial charge is 0.302 e. The number of aliphatic hydroxyl groups excluding tert-OH is 1. The summed E-state index contributed by atoms with van der Waals surface area (Å²) in [6, 6.07) is 0. The third kappa shape index (κ3) is 2.01. The molecule has 0 heterocycles. The van der Waals surface area contributed by atoms with Gasteiger partial charge in [0, 0.05) is 30.1 Å². The molecule has 132 valence electrons. The molecule has 4 nitrogen and oxygen atoms in total. The number of Topliss-reactive ketones (excluding diaryl/α,β-unsaturated/α-hetero) is 1. The van der Waals surface area contributed by atoms with Crippen LogP contribution in [0, 0.1) is 22.7 Å². The molecule has 4 heteroatoms. The molecule has 0 amide bonds. The zero-order chi connectivity index (χ0) is 17.3. The van der Waals surface area contributed by atoms with Crippen molar-refractivity contribution in [2.45, 2.75) is 77.9 Å². The largest absolute Gasteiger partial charge is 0.463 e. The highest BCUT2D eigenvalue weighted by Crippen LogP contribution is 2.64. The fraction of sp³-hybridized carbons (Fsp3) is 0.800. The molecular formula is C20H28O4. The van der Waals surface area contributed by atoms with E-state index in [1.165, 1.54) is 18.1 Å². The summed E-state index contributed by atoms with van der Waals surface area (Å²) in [5, 5.41) is 11.3. The van der Waals surface area contributed by atoms with Crippen molar-refractivity contribution in [1.29, 1.82) is 0 Å². The fourth-order valence-corrected chi connectivity index (χ4v) is 6.41. The lowest BCUT2D eigenvalue weighted by Crippen LogP contribution is -2.45. The summed E-state index contributed by atoms with van der Waals surface area (Å²) in [4.78, 5) is 23.8. The molecule has 0 bridgehead atoms. The van der Waals surface area contributed by atoms with Gasteiger partial charge >= 0.3 is 5.97 Å². The number of fused-ring (bicyclic) bond motifs is 4. The Kier molecular flexibility index (Phi) is 3.51. The van der Waals surface area contributed by atoms with E-state index in [9.17, 15) is 14.7 Å². The van der Waals surface area contributed by atoms with Gasteiger partial charge in [-0.15, -0.1) is 0 Å². The zero-order valence-electron chi connectivity index (χ0n) is 14.9. The Hall–Kier alpha value is -1.16. The van der Waals surface area contributed by atoms with E-state index in [1.54, 1.807) is 0 Å². The summed E-state index contributed by atoms with van der Waals surface area (Å²) in [5.74, 6) is 0.567. The van der Waals surface area contributed by atoms with E-state index < -0.39 is 6.10 Å². The standard InChI is InChI=1S/C20H28O4/c1-11(21)24-12-4-5-14-13-8-9-19(2)15(6-7-16(19)22)17(13)18(23)20(14,3)10-12/h12,15,17-18,23H,4-10H2,1-3H3/t12-,15-,17-,18+,19-,20-/m1/s1. The Morgan fingerprint density at radius 3 is 2.62 bits per heavy atom. The predicted octanol–water partition coefficient (Wildman–Crippen LogP) is 3.17. The van der Waals surface area contributed by atoms with E-state index in [0.29, 0.717) is 18.6 Å². The minimum atomic E-state index is -0.448. The average Bonchev–Trinajstić information content (AvgIpc) is 2.92. The van der Waals surface area contributed by atoms with Crippen LogP contribution in [-0.4, -0.2) is 29.1 Å². The lowest BCUT2D eigenvalue weighted by Gasteiger charge is -2.44. The molecule has 0 spiro atoms. The van der Waals surface area contributed by atoms with Crippen molar-refractivity contribution >= 4 is 11.8 Å². The van der Waals surface area contributed by atoms with Gasteiger partial charge in [-0.25, -0.2) is 0 Å². The Morgan fingerprint density at radius 1 is 1.17 bits per heavy atom. The third-order valence-electron chi connectivity index (χ3n) is 7.66. The zero-order valence-corrected chi connectivity index (χ0v) is 14.9. The Balaban J connectivity index is 1.68. The van der Waals surface area contributed by atoms with Gasteiger partial charge in [0.05, 0.1) is 6.10 Å². The number of rotatable bonds is 1. The first kappa shape index (κ1) is 16.3. The summed E-state index contributed by atoms with van der Waals surface area (Å²) in [5.41, 5.74) is 2.30. The van der Waals surface area contributed by atoms with Gasteiger partial charge in [0.15, 0.2) is 0 Å². The van der Waals surface area contributed by atoms with Crippen LogP contribution in [0.4, 0.5) is 0 Å². The van der Waals surface area contributed by atoms with Gasteiger partial charge in [0.1, 0.15) is 11.9 Å². The van der Waals surface area contributed by atoms with Gasteiger partial charge in [0.25, 0.3) is 0 Å². The summed E-state index contributed by atoms with van der Waals surface area (Å²) in [6.45, 7) is 5.71. The van der Waals surface area contributed by atoms with Gasteiger partial charge in [-0.2, -0.15) is 0 Å². The van der Waals surface area contributed by atoms with E-state index >= 15 is 0 Å². The van der Waals surface area contributed by atoms with Crippen LogP contribution in [-0.2, 0) is 14.3 Å². The van der Waals surface area contributed by atoms with Crippen molar-refractivity contribution in [3.8, 4) is 0 Å². The summed E-state index contributed by atoms with van der Waals surface area (Å²) in [6.07, 6.45) is 5.39. The molecule has 4 aliphatic carbocycles. The molecule has 0 saturated heterocycles. The molecule has 3 saturated carbocycles. The molecule has 0 unspecified atom stereocenters. The van der Waals surface area contributed by atoms with Crippen LogP contribution in [0.15, 0.2) is 11.1 Å². The second-order valence-electron chi connectivity index (χ2n) is 8.85. The third-order valence-corrected chi connectivity index (χ3v) is 7.66. The maximum absolute atomic E-state index is 12.4. The number of hydrogen-bond donors (Lipinski definition) is 1. The van der Waals surface area contributed by atoms with E-state index in [1.807, 2.05) is 0 Å². The average molecular weight is 332 g/mol. The highest BCUT2D eigenvalue weighted by atomic mass is 16.5. The molecule has 0 radical (unpaired) electrons. The molecule has 1 N–H and O–H groups in total. The molecule has 24 heavy (non-hydrogen) atoms. The summed E-state index contributed by atoms with van der Waals surface area (Å²) in [7, 11) is 0. The Morgan fingerprint density at radius 2 is 1.92 bits per heavy atom. The van der Waals surface area contributed by atoms with Crippen LogP contribution in [0.25, 0.3) is 0 Å². The molecule has 3 fully saturated rings. The van der Waals surface area contributed by atoms with Gasteiger partial charge in [-0.1, -0.05) is 25.0 Å². The predicted molar refractivity (Wildman–Crippen MR) is 89.1 cm³/mol. The SMILES string of the molecule is CC(=O)O[C@@H]1CCC2=C3CC[C@@]4(C)C(=O)CC[C@@H]4[C@@H]3[C@H](O)[C@]2(C)C1. The van der Waals surface area contributed by atoms with Crippen LogP contribution >= 0.6 is 0 Å². The summed E-state index contributed by atoms with van der Waals surface area (Å²) >= 11 is 0. The van der Waals surface area contributed by atoms with Crippen molar-refractivity contribution in [3.63, 3.8) is 0 Å². The van der Waals surface area contributed by atoms with Crippen molar-refractivity contribution in [3.05, 3.63) is 11.1 Å². The number of esters is 1. The highest BCUT2D eigenvalue weighted by molar-refractivity contribution is 5.87. The highest BCUT2D eigenvalue weighted by Gasteiger charge is 2.61. The Bertz CT molecular complexity index is 636. The number of aliphatic hydroxyl groups is 1. The van der Waals surface area contributed by atoms with Crippen molar-refractivity contribution < 1.29 is 19.4 Å². The maximum atomic E-state index is 12.4. The second-order valence-corrected chi connectivity index (χ2v) is 8.85. The summed E-state index contributed by atoms with van der Waals surface area (Å²) < 4.78 is 5.46. The van der Waals surface area contributed by atoms with Crippen molar-refractivity contribution in [2.75, 3.05) is 0 Å². The first-order valence-corrected chi connectivity index (χ1v) is 9.38. The van der Waals surface area contributed by atoms with E-state index in [-0.39, 0.29) is 34.7 Å². The van der Waals surface area contributed by atoms with Gasteiger partial charge < -0.3 is 9.84 Å². The van der Waals surface area contributed by atoms with Gasteiger partial charge in [-0.05, 0) is 44.4 Å². The van der Waals surface area contributed by atoms with Crippen LogP contribution in [0.3, 0.4) is 0 Å². The topological polar surface area (TPSA) is 63.6 Å². The molecule has 4 aliphatic rings. The number of carbonyl (C=O) groups is 2. The molecule has 0 aromatic carbocycles. The molecule has 4 rings (SSSR count). The lowest BCUT2D eigenvalue weighted by atomic mass is 9.61. The number of hydrogen-bond acceptors (Lipinski definition) is 4. The monoisotopic (exact) mass is 332 g/mol. The number of ketones is 1. The van der Waals surface area contributed by atoms with Crippen LogP contribution in [0.2, 0.25) is 0 Å². The van der Waals surface area contributed by atoms with E-state index in [4.69, 9.17) is 4.74 Å². The first-order chi connectivity index (χ1) is 11.3. The molecular weight excluding hydrogens is 304 g/mol. The van der Waals surface area contributed by atoms with Gasteiger partial charge in [-0.3, -0.25) is 9.59 Å². The number of carbonyl (C=O) groups excluding carboxylic acids is 2. The lowest BCUT2D eigenvalue weighted by molar-refractivity contribution is -0.150. The minimum Gasteiger partial charge on any atom is -0.463 e. The van der Waals surface area contributed by atoms with Crippen LogP contribution < -0.4 is 0 Å². The minimum absolute atomic E-state index is 0.0942. The fourth-order valence-electron chi connectivity index (χ4n) is 6.41. The number of ether oxygens (including phenoxy) is 1. The van der Waals surface area contributed by atoms with E-state index in [2.05, 4.69) is 13.8 Å². The van der Waals surface area contributed by atoms with Crippen LogP contribution in [0.5, 0.6) is 0 Å². The quantitative estimate of drug-likeness (QED) is 0.592. The maximum Gasteiger partial charge on any atom is 0.302 e. The normalized spacial score (nSPS) is 47.2.